The second-order valence-electron chi connectivity index (χ2n) is 5.62. The van der Waals surface area contributed by atoms with Gasteiger partial charge in [0.25, 0.3) is 0 Å². The maximum absolute atomic E-state index is 11.6. The fraction of sp³-hybridized carbons (Fsp3) is 0.0500. The van der Waals surface area contributed by atoms with Crippen molar-refractivity contribution in [2.75, 3.05) is 0 Å². The number of aromatic nitrogens is 1. The standard InChI is InChI=1S/C20H15NO/c1-14-8-9-21-18(10-14)12-19(20(21)13-22)17-7-6-15-4-2-3-5-16(15)11-17/h2-13H,1H3. The van der Waals surface area contributed by atoms with Gasteiger partial charge in [0.15, 0.2) is 6.29 Å². The molecule has 0 aliphatic carbocycles. The van der Waals surface area contributed by atoms with Gasteiger partial charge in [0, 0.05) is 17.3 Å². The Kier molecular flexibility index (Phi) is 2.83. The summed E-state index contributed by atoms with van der Waals surface area (Å²) in [5.74, 6) is 0. The largest absolute Gasteiger partial charge is 0.314 e. The van der Waals surface area contributed by atoms with E-state index in [-0.39, 0.29) is 0 Å². The van der Waals surface area contributed by atoms with Crippen molar-refractivity contribution in [1.29, 1.82) is 0 Å². The molecule has 2 aromatic heterocycles. The van der Waals surface area contributed by atoms with Crippen molar-refractivity contribution in [3.05, 3.63) is 78.1 Å². The normalized spacial score (nSPS) is 11.1. The van der Waals surface area contributed by atoms with Crippen LogP contribution < -0.4 is 0 Å². The average Bonchev–Trinajstić information content (AvgIpc) is 2.91. The summed E-state index contributed by atoms with van der Waals surface area (Å²) in [6, 6.07) is 20.8. The summed E-state index contributed by atoms with van der Waals surface area (Å²) in [5.41, 5.74) is 4.98. The third-order valence-corrected chi connectivity index (χ3v) is 4.14. The fourth-order valence-electron chi connectivity index (χ4n) is 3.02. The molecule has 2 aromatic carbocycles. The first-order valence-electron chi connectivity index (χ1n) is 7.32. The van der Waals surface area contributed by atoms with Crippen LogP contribution in [0.3, 0.4) is 0 Å². The lowest BCUT2D eigenvalue weighted by atomic mass is 10.0. The molecule has 0 spiro atoms. The molecule has 22 heavy (non-hydrogen) atoms. The van der Waals surface area contributed by atoms with E-state index < -0.39 is 0 Å². The number of hydrogen-bond acceptors (Lipinski definition) is 1. The smallest absolute Gasteiger partial charge is 0.167 e. The van der Waals surface area contributed by atoms with Crippen molar-refractivity contribution < 1.29 is 4.79 Å². The highest BCUT2D eigenvalue weighted by Gasteiger charge is 2.11. The van der Waals surface area contributed by atoms with E-state index in [2.05, 4.69) is 49.4 Å². The minimum absolute atomic E-state index is 0.699. The minimum Gasteiger partial charge on any atom is -0.314 e. The third kappa shape index (κ3) is 1.92. The number of nitrogens with zero attached hydrogens (tertiary/aromatic N) is 1. The molecule has 0 amide bonds. The molecule has 0 saturated heterocycles. The number of rotatable bonds is 2. The van der Waals surface area contributed by atoms with E-state index >= 15 is 0 Å². The van der Waals surface area contributed by atoms with Crippen LogP contribution in [0.1, 0.15) is 16.1 Å². The van der Waals surface area contributed by atoms with Gasteiger partial charge in [-0.15, -0.1) is 0 Å². The van der Waals surface area contributed by atoms with Crippen LogP contribution in [-0.2, 0) is 0 Å². The van der Waals surface area contributed by atoms with E-state index in [1.165, 1.54) is 16.3 Å². The Bertz CT molecular complexity index is 1010. The van der Waals surface area contributed by atoms with E-state index in [0.717, 1.165) is 22.9 Å². The van der Waals surface area contributed by atoms with Crippen molar-refractivity contribution in [2.24, 2.45) is 0 Å². The number of pyridine rings is 1. The molecule has 2 heteroatoms. The Morgan fingerprint density at radius 2 is 1.73 bits per heavy atom. The number of fused-ring (bicyclic) bond motifs is 2. The Balaban J connectivity index is 2.00. The quantitative estimate of drug-likeness (QED) is 0.481. The molecule has 106 valence electrons. The molecule has 2 nitrogen and oxygen atoms in total. The summed E-state index contributed by atoms with van der Waals surface area (Å²) in [6.07, 6.45) is 2.89. The zero-order valence-electron chi connectivity index (χ0n) is 12.3. The Morgan fingerprint density at radius 3 is 2.55 bits per heavy atom. The molecule has 0 N–H and O–H groups in total. The van der Waals surface area contributed by atoms with Crippen molar-refractivity contribution in [3.8, 4) is 11.1 Å². The van der Waals surface area contributed by atoms with Gasteiger partial charge in [-0.05, 0) is 53.1 Å². The molecule has 0 unspecified atom stereocenters. The molecule has 0 atom stereocenters. The lowest BCUT2D eigenvalue weighted by molar-refractivity contribution is 0.111. The molecule has 0 saturated carbocycles. The molecular weight excluding hydrogens is 270 g/mol. The number of carbonyl (C=O) groups is 1. The number of benzene rings is 2. The highest BCUT2D eigenvalue weighted by molar-refractivity contribution is 5.94. The Hall–Kier alpha value is -2.87. The van der Waals surface area contributed by atoms with Crippen LogP contribution in [0.4, 0.5) is 0 Å². The number of aldehydes is 1. The van der Waals surface area contributed by atoms with Crippen LogP contribution >= 0.6 is 0 Å². The first-order valence-corrected chi connectivity index (χ1v) is 7.32. The summed E-state index contributed by atoms with van der Waals surface area (Å²) in [4.78, 5) is 11.6. The average molecular weight is 285 g/mol. The number of carbonyl (C=O) groups excluding carboxylic acids is 1. The van der Waals surface area contributed by atoms with Gasteiger partial charge in [0.1, 0.15) is 0 Å². The van der Waals surface area contributed by atoms with E-state index in [0.29, 0.717) is 5.69 Å². The fourth-order valence-corrected chi connectivity index (χ4v) is 3.02. The third-order valence-electron chi connectivity index (χ3n) is 4.14. The topological polar surface area (TPSA) is 21.5 Å². The second-order valence-corrected chi connectivity index (χ2v) is 5.62. The van der Waals surface area contributed by atoms with Gasteiger partial charge in [-0.25, -0.2) is 0 Å². The van der Waals surface area contributed by atoms with Gasteiger partial charge in [0.05, 0.1) is 5.69 Å². The molecule has 2 heterocycles. The van der Waals surface area contributed by atoms with Crippen molar-refractivity contribution >= 4 is 22.6 Å². The van der Waals surface area contributed by atoms with E-state index in [9.17, 15) is 4.79 Å². The highest BCUT2D eigenvalue weighted by Crippen LogP contribution is 2.29. The SMILES string of the molecule is Cc1ccn2c(C=O)c(-c3ccc4ccccc4c3)cc2c1. The van der Waals surface area contributed by atoms with Gasteiger partial charge in [-0.1, -0.05) is 36.4 Å². The number of hydrogen-bond donors (Lipinski definition) is 0. The molecule has 0 aliphatic rings. The summed E-state index contributed by atoms with van der Waals surface area (Å²) in [6.45, 7) is 2.06. The first kappa shape index (κ1) is 12.8. The van der Waals surface area contributed by atoms with Gasteiger partial charge in [-0.2, -0.15) is 0 Å². The molecule has 0 fully saturated rings. The molecule has 0 radical (unpaired) electrons. The monoisotopic (exact) mass is 285 g/mol. The van der Waals surface area contributed by atoms with Crippen LogP contribution in [0, 0.1) is 6.92 Å². The predicted molar refractivity (Wildman–Crippen MR) is 90.5 cm³/mol. The summed E-state index contributed by atoms with van der Waals surface area (Å²) < 4.78 is 1.95. The highest BCUT2D eigenvalue weighted by atomic mass is 16.1. The maximum atomic E-state index is 11.6. The van der Waals surface area contributed by atoms with Crippen LogP contribution in [0.15, 0.2) is 66.9 Å². The van der Waals surface area contributed by atoms with Gasteiger partial charge in [-0.3, -0.25) is 4.79 Å². The van der Waals surface area contributed by atoms with E-state index in [1.54, 1.807) is 0 Å². The van der Waals surface area contributed by atoms with Crippen LogP contribution in [0.25, 0.3) is 27.4 Å². The first-order chi connectivity index (χ1) is 10.8. The van der Waals surface area contributed by atoms with Crippen molar-refractivity contribution in [1.82, 2.24) is 4.40 Å². The van der Waals surface area contributed by atoms with Crippen molar-refractivity contribution in [3.63, 3.8) is 0 Å². The second kappa shape index (κ2) is 4.85. The molecule has 4 rings (SSSR count). The number of aryl methyl sites for hydroxylation is 1. The summed E-state index contributed by atoms with van der Waals surface area (Å²) in [7, 11) is 0. The van der Waals surface area contributed by atoms with Gasteiger partial charge in [0.2, 0.25) is 0 Å². The lowest BCUT2D eigenvalue weighted by Gasteiger charge is -2.03. The zero-order chi connectivity index (χ0) is 15.1. The maximum Gasteiger partial charge on any atom is 0.167 e. The molecule has 0 aliphatic heterocycles. The van der Waals surface area contributed by atoms with E-state index in [1.807, 2.05) is 28.8 Å². The lowest BCUT2D eigenvalue weighted by Crippen LogP contribution is -1.92. The van der Waals surface area contributed by atoms with E-state index in [4.69, 9.17) is 0 Å². The Labute approximate surface area is 128 Å². The summed E-state index contributed by atoms with van der Waals surface area (Å²) in [5, 5.41) is 2.39. The van der Waals surface area contributed by atoms with Crippen molar-refractivity contribution in [2.45, 2.75) is 6.92 Å². The molecule has 0 bridgehead atoms. The molecule has 4 aromatic rings. The Morgan fingerprint density at radius 1 is 0.909 bits per heavy atom. The van der Waals surface area contributed by atoms with Crippen LogP contribution in [0.5, 0.6) is 0 Å². The van der Waals surface area contributed by atoms with Gasteiger partial charge >= 0.3 is 0 Å². The summed E-state index contributed by atoms with van der Waals surface area (Å²) >= 11 is 0. The predicted octanol–water partition coefficient (Wildman–Crippen LogP) is 4.88. The zero-order valence-corrected chi connectivity index (χ0v) is 12.3. The molecular formula is C20H15NO. The van der Waals surface area contributed by atoms with Gasteiger partial charge < -0.3 is 4.40 Å². The van der Waals surface area contributed by atoms with Crippen LogP contribution in [-0.4, -0.2) is 10.7 Å². The van der Waals surface area contributed by atoms with Crippen LogP contribution in [0.2, 0.25) is 0 Å². The minimum atomic E-state index is 0.699.